The zero-order valence-electron chi connectivity index (χ0n) is 16.7. The Morgan fingerprint density at radius 2 is 2.03 bits per heavy atom. The van der Waals surface area contributed by atoms with Crippen molar-refractivity contribution >= 4 is 35.1 Å². The lowest BCUT2D eigenvalue weighted by Crippen LogP contribution is -2.43. The molecule has 2 heterocycles. The highest BCUT2D eigenvalue weighted by Gasteiger charge is 2.37. The van der Waals surface area contributed by atoms with Crippen molar-refractivity contribution in [2.45, 2.75) is 38.8 Å². The third-order valence-corrected chi connectivity index (χ3v) is 6.64. The van der Waals surface area contributed by atoms with Crippen LogP contribution in [0, 0.1) is 10.7 Å². The average Bonchev–Trinajstić information content (AvgIpc) is 3.31. The highest BCUT2D eigenvalue weighted by Crippen LogP contribution is 2.38. The van der Waals surface area contributed by atoms with Crippen molar-refractivity contribution in [1.82, 2.24) is 14.8 Å². The van der Waals surface area contributed by atoms with Gasteiger partial charge in [0.25, 0.3) is 0 Å². The van der Waals surface area contributed by atoms with E-state index in [1.165, 1.54) is 0 Å². The van der Waals surface area contributed by atoms with Gasteiger partial charge in [-0.15, -0.1) is 11.3 Å². The first-order chi connectivity index (χ1) is 14.0. The number of aromatic amines is 1. The summed E-state index contributed by atoms with van der Waals surface area (Å²) in [6.07, 6.45) is 2.31. The van der Waals surface area contributed by atoms with Crippen LogP contribution in [0.5, 0.6) is 5.75 Å². The van der Waals surface area contributed by atoms with Crippen LogP contribution in [0.1, 0.15) is 32.7 Å². The number of carbonyl (C=O) groups excluding carboxylic acids is 1. The molecule has 1 aliphatic rings. The first-order valence-corrected chi connectivity index (χ1v) is 11.0. The molecule has 2 unspecified atom stereocenters. The van der Waals surface area contributed by atoms with E-state index in [0.29, 0.717) is 16.5 Å². The second kappa shape index (κ2) is 8.12. The van der Waals surface area contributed by atoms with Crippen molar-refractivity contribution in [1.29, 1.82) is 0 Å². The topological polar surface area (TPSA) is 63.1 Å². The molecular formula is C21H24N4O2S2. The van der Waals surface area contributed by atoms with Crippen molar-refractivity contribution in [2.24, 2.45) is 5.92 Å². The molecule has 1 amide bonds. The standard InChI is InChI=1S/C21H24N4O2S2/c1-13(15-6-7-15)24(16-8-10-17(27-3)11-9-16)20(26)14(2)25-19(22-23-21(25)28)18-5-4-12-29-18/h4-5,8-15H,6-7H2,1-3H3,(H,23,28). The van der Waals surface area contributed by atoms with E-state index in [1.807, 2.05) is 58.2 Å². The van der Waals surface area contributed by atoms with Gasteiger partial charge in [-0.25, -0.2) is 0 Å². The van der Waals surface area contributed by atoms with E-state index in [9.17, 15) is 4.79 Å². The maximum atomic E-state index is 13.7. The highest BCUT2D eigenvalue weighted by atomic mass is 32.1. The molecule has 2 aromatic heterocycles. The Balaban J connectivity index is 1.71. The smallest absolute Gasteiger partial charge is 0.250 e. The summed E-state index contributed by atoms with van der Waals surface area (Å²) in [6.45, 7) is 4.02. The predicted molar refractivity (Wildman–Crippen MR) is 118 cm³/mol. The Hall–Kier alpha value is -2.45. The number of hydrogen-bond acceptors (Lipinski definition) is 5. The molecular weight excluding hydrogens is 404 g/mol. The molecule has 8 heteroatoms. The van der Waals surface area contributed by atoms with Crippen LogP contribution < -0.4 is 9.64 Å². The number of benzene rings is 1. The van der Waals surface area contributed by atoms with Gasteiger partial charge in [-0.2, -0.15) is 5.10 Å². The van der Waals surface area contributed by atoms with Gasteiger partial charge >= 0.3 is 0 Å². The van der Waals surface area contributed by atoms with Crippen LogP contribution in [-0.4, -0.2) is 33.8 Å². The molecule has 3 aromatic rings. The van der Waals surface area contributed by atoms with Crippen LogP contribution in [0.2, 0.25) is 0 Å². The van der Waals surface area contributed by atoms with E-state index in [1.54, 1.807) is 18.4 Å². The number of aromatic nitrogens is 3. The fourth-order valence-electron chi connectivity index (χ4n) is 3.65. The molecule has 0 radical (unpaired) electrons. The number of ether oxygens (including phenoxy) is 1. The van der Waals surface area contributed by atoms with Crippen LogP contribution in [0.15, 0.2) is 41.8 Å². The first kappa shape index (κ1) is 19.8. The number of carbonyl (C=O) groups is 1. The second-order valence-corrected chi connectivity index (χ2v) is 8.69. The van der Waals surface area contributed by atoms with Gasteiger partial charge < -0.3 is 9.64 Å². The van der Waals surface area contributed by atoms with Crippen LogP contribution in [0.4, 0.5) is 5.69 Å². The van der Waals surface area contributed by atoms with Crippen molar-refractivity contribution in [3.05, 3.63) is 46.5 Å². The van der Waals surface area contributed by atoms with E-state index in [4.69, 9.17) is 17.0 Å². The summed E-state index contributed by atoms with van der Waals surface area (Å²) in [5.74, 6) is 2.00. The van der Waals surface area contributed by atoms with Crippen LogP contribution in [-0.2, 0) is 4.79 Å². The predicted octanol–water partition coefficient (Wildman–Crippen LogP) is 5.07. The van der Waals surface area contributed by atoms with Gasteiger partial charge in [0.15, 0.2) is 10.6 Å². The molecule has 29 heavy (non-hydrogen) atoms. The maximum absolute atomic E-state index is 13.7. The molecule has 1 saturated carbocycles. The molecule has 6 nitrogen and oxygen atoms in total. The fourth-order valence-corrected chi connectivity index (χ4v) is 4.65. The number of rotatable bonds is 7. The van der Waals surface area contributed by atoms with Gasteiger partial charge in [-0.05, 0) is 80.5 Å². The Morgan fingerprint density at radius 1 is 1.31 bits per heavy atom. The number of nitrogens with zero attached hydrogens (tertiary/aromatic N) is 3. The van der Waals surface area contributed by atoms with Crippen LogP contribution >= 0.6 is 23.6 Å². The summed E-state index contributed by atoms with van der Waals surface area (Å²) in [5.41, 5.74) is 0.870. The van der Waals surface area contributed by atoms with Gasteiger partial charge in [0, 0.05) is 11.7 Å². The third-order valence-electron chi connectivity index (χ3n) is 5.49. The summed E-state index contributed by atoms with van der Waals surface area (Å²) in [4.78, 5) is 16.6. The summed E-state index contributed by atoms with van der Waals surface area (Å²) < 4.78 is 7.54. The summed E-state index contributed by atoms with van der Waals surface area (Å²) >= 11 is 7.04. The fraction of sp³-hybridized carbons (Fsp3) is 0.381. The number of anilines is 1. The van der Waals surface area contributed by atoms with E-state index >= 15 is 0 Å². The lowest BCUT2D eigenvalue weighted by Gasteiger charge is -2.32. The Labute approximate surface area is 179 Å². The zero-order valence-corrected chi connectivity index (χ0v) is 18.3. The average molecular weight is 429 g/mol. The number of amides is 1. The maximum Gasteiger partial charge on any atom is 0.250 e. The van der Waals surface area contributed by atoms with Gasteiger partial charge in [-0.1, -0.05) is 6.07 Å². The minimum Gasteiger partial charge on any atom is -0.497 e. The van der Waals surface area contributed by atoms with E-state index in [-0.39, 0.29) is 11.9 Å². The molecule has 1 aromatic carbocycles. The molecule has 1 N–H and O–H groups in total. The van der Waals surface area contributed by atoms with Crippen LogP contribution in [0.25, 0.3) is 10.7 Å². The molecule has 4 rings (SSSR count). The lowest BCUT2D eigenvalue weighted by molar-refractivity contribution is -0.121. The van der Waals surface area contributed by atoms with Gasteiger partial charge in [-0.3, -0.25) is 14.5 Å². The quantitative estimate of drug-likeness (QED) is 0.534. The SMILES string of the molecule is COc1ccc(N(C(=O)C(C)n2c(-c3cccs3)n[nH]c2=S)C(C)C2CC2)cc1. The van der Waals surface area contributed by atoms with Crippen molar-refractivity contribution in [3.63, 3.8) is 0 Å². The molecule has 1 aliphatic carbocycles. The molecule has 1 fully saturated rings. The summed E-state index contributed by atoms with van der Waals surface area (Å²) in [6, 6.07) is 11.2. The molecule has 0 spiro atoms. The lowest BCUT2D eigenvalue weighted by atomic mass is 10.1. The number of thiophene rings is 1. The number of hydrogen-bond donors (Lipinski definition) is 1. The minimum atomic E-state index is -0.485. The summed E-state index contributed by atoms with van der Waals surface area (Å²) in [7, 11) is 1.64. The Kier molecular flexibility index (Phi) is 5.56. The molecule has 0 bridgehead atoms. The molecule has 2 atom stereocenters. The van der Waals surface area contributed by atoms with Gasteiger partial charge in [0.1, 0.15) is 11.8 Å². The molecule has 152 valence electrons. The zero-order chi connectivity index (χ0) is 20.5. The van der Waals surface area contributed by atoms with Crippen LogP contribution in [0.3, 0.4) is 0 Å². The Morgan fingerprint density at radius 3 is 2.62 bits per heavy atom. The number of H-pyrrole nitrogens is 1. The largest absolute Gasteiger partial charge is 0.497 e. The van der Waals surface area contributed by atoms with E-state index in [2.05, 4.69) is 17.1 Å². The van der Waals surface area contributed by atoms with E-state index < -0.39 is 6.04 Å². The van der Waals surface area contributed by atoms with Gasteiger partial charge in [0.2, 0.25) is 5.91 Å². The Bertz CT molecular complexity index is 1040. The summed E-state index contributed by atoms with van der Waals surface area (Å²) in [5, 5.41) is 9.22. The molecule has 0 aliphatic heterocycles. The second-order valence-electron chi connectivity index (χ2n) is 7.36. The monoisotopic (exact) mass is 428 g/mol. The van der Waals surface area contributed by atoms with E-state index in [0.717, 1.165) is 29.2 Å². The normalized spacial score (nSPS) is 15.7. The number of methoxy groups -OCH3 is 1. The molecule has 0 saturated heterocycles. The number of nitrogens with one attached hydrogen (secondary N) is 1. The van der Waals surface area contributed by atoms with Crippen molar-refractivity contribution < 1.29 is 9.53 Å². The van der Waals surface area contributed by atoms with Gasteiger partial charge in [0.05, 0.1) is 12.0 Å². The van der Waals surface area contributed by atoms with Crippen molar-refractivity contribution in [3.8, 4) is 16.5 Å². The van der Waals surface area contributed by atoms with Crippen molar-refractivity contribution in [2.75, 3.05) is 12.0 Å². The third kappa shape index (κ3) is 3.86. The first-order valence-electron chi connectivity index (χ1n) is 9.69. The minimum absolute atomic E-state index is 0.00451. The highest BCUT2D eigenvalue weighted by molar-refractivity contribution is 7.71.